The van der Waals surface area contributed by atoms with E-state index < -0.39 is 0 Å². The van der Waals surface area contributed by atoms with Crippen LogP contribution in [0, 0.1) is 0 Å². The van der Waals surface area contributed by atoms with Gasteiger partial charge in [-0.1, -0.05) is 0 Å². The van der Waals surface area contributed by atoms with Crippen molar-refractivity contribution in [1.82, 2.24) is 5.32 Å². The molecule has 4 heteroatoms. The highest BCUT2D eigenvalue weighted by Crippen LogP contribution is 2.31. The molecule has 1 fully saturated rings. The Balaban J connectivity index is 1.98. The quantitative estimate of drug-likeness (QED) is 0.682. The van der Waals surface area contributed by atoms with Crippen LogP contribution in [-0.4, -0.2) is 33.0 Å². The van der Waals surface area contributed by atoms with Crippen LogP contribution in [0.1, 0.15) is 11.3 Å². The van der Waals surface area contributed by atoms with E-state index in [2.05, 4.69) is 5.32 Å². The summed E-state index contributed by atoms with van der Waals surface area (Å²) in [6, 6.07) is 2.04. The lowest BCUT2D eigenvalue weighted by Gasteiger charge is -2.34. The van der Waals surface area contributed by atoms with Gasteiger partial charge in [-0.25, -0.2) is 0 Å². The van der Waals surface area contributed by atoms with E-state index >= 15 is 0 Å². The molecule has 0 unspecified atom stereocenters. The number of hydrogen-bond donors (Lipinski definition) is 1. The minimum absolute atomic E-state index is 0.256. The zero-order chi connectivity index (χ0) is 10.1. The van der Waals surface area contributed by atoms with Gasteiger partial charge in [-0.3, -0.25) is 0 Å². The fourth-order valence-electron chi connectivity index (χ4n) is 2.35. The van der Waals surface area contributed by atoms with Gasteiger partial charge in [0.2, 0.25) is 0 Å². The van der Waals surface area contributed by atoms with Gasteiger partial charge in [0.25, 0.3) is 0 Å². The Morgan fingerprint density at radius 2 is 2.00 bits per heavy atom. The molecule has 0 aliphatic carbocycles. The number of rotatable bonds is 0. The van der Waals surface area contributed by atoms with Crippen LogP contribution in [0.3, 0.4) is 0 Å². The molecule has 0 bridgehead atoms. The Hall–Kier alpha value is -0.840. The maximum absolute atomic E-state index is 5.58. The second kappa shape index (κ2) is 3.63. The fourth-order valence-corrected chi connectivity index (χ4v) is 2.35. The summed E-state index contributed by atoms with van der Waals surface area (Å²) in [5.74, 6) is 0.996. The Morgan fingerprint density at radius 1 is 1.20 bits per heavy atom. The summed E-state index contributed by atoms with van der Waals surface area (Å²) in [7, 11) is 0. The van der Waals surface area contributed by atoms with Crippen molar-refractivity contribution in [2.24, 2.45) is 0 Å². The van der Waals surface area contributed by atoms with E-state index in [1.165, 1.54) is 5.56 Å². The molecule has 2 aliphatic rings. The van der Waals surface area contributed by atoms with Gasteiger partial charge in [0.1, 0.15) is 11.3 Å². The predicted molar refractivity (Wildman–Crippen MR) is 53.7 cm³/mol. The second-order valence-corrected chi connectivity index (χ2v) is 4.14. The van der Waals surface area contributed by atoms with Crippen LogP contribution in [0.15, 0.2) is 16.7 Å². The van der Waals surface area contributed by atoms with Crippen LogP contribution >= 0.6 is 0 Å². The van der Waals surface area contributed by atoms with Gasteiger partial charge in [0, 0.05) is 6.54 Å². The topological polar surface area (TPSA) is 43.6 Å². The molecule has 1 aromatic heterocycles. The number of hydrogen-bond acceptors (Lipinski definition) is 4. The first kappa shape index (κ1) is 9.39. The SMILES string of the molecule is c1cc2c(o1)C1(COCCOC1)NCC2. The Morgan fingerprint density at radius 3 is 2.80 bits per heavy atom. The minimum Gasteiger partial charge on any atom is -0.467 e. The first-order chi connectivity index (χ1) is 7.41. The molecule has 4 nitrogen and oxygen atoms in total. The largest absolute Gasteiger partial charge is 0.467 e. The van der Waals surface area contributed by atoms with E-state index in [0.717, 1.165) is 18.7 Å². The third kappa shape index (κ3) is 1.49. The molecule has 1 N–H and O–H groups in total. The van der Waals surface area contributed by atoms with E-state index in [1.54, 1.807) is 6.26 Å². The van der Waals surface area contributed by atoms with Gasteiger partial charge >= 0.3 is 0 Å². The highest BCUT2D eigenvalue weighted by molar-refractivity contribution is 5.28. The van der Waals surface area contributed by atoms with Crippen LogP contribution in [0.25, 0.3) is 0 Å². The molecule has 0 amide bonds. The average molecular weight is 209 g/mol. The molecule has 3 rings (SSSR count). The highest BCUT2D eigenvalue weighted by Gasteiger charge is 2.41. The smallest absolute Gasteiger partial charge is 0.131 e. The molecule has 0 aromatic carbocycles. The molecular weight excluding hydrogens is 194 g/mol. The van der Waals surface area contributed by atoms with Crippen molar-refractivity contribution in [2.45, 2.75) is 12.0 Å². The normalized spacial score (nSPS) is 24.8. The first-order valence-corrected chi connectivity index (χ1v) is 5.38. The number of ether oxygens (including phenoxy) is 2. The summed E-state index contributed by atoms with van der Waals surface area (Å²) in [4.78, 5) is 0. The van der Waals surface area contributed by atoms with Crippen LogP contribution in [0.2, 0.25) is 0 Å². The molecule has 1 aromatic rings. The van der Waals surface area contributed by atoms with E-state index in [9.17, 15) is 0 Å². The van der Waals surface area contributed by atoms with Crippen LogP contribution < -0.4 is 5.32 Å². The highest BCUT2D eigenvalue weighted by atomic mass is 16.5. The molecule has 0 saturated carbocycles. The van der Waals surface area contributed by atoms with Crippen molar-refractivity contribution < 1.29 is 13.9 Å². The first-order valence-electron chi connectivity index (χ1n) is 5.38. The molecule has 3 heterocycles. The molecule has 2 aliphatic heterocycles. The average Bonchev–Trinajstić information content (AvgIpc) is 2.62. The number of fused-ring (bicyclic) bond motifs is 2. The molecule has 82 valence electrons. The monoisotopic (exact) mass is 209 g/mol. The Bertz CT molecular complexity index is 339. The Kier molecular flexibility index (Phi) is 2.27. The van der Waals surface area contributed by atoms with Crippen LogP contribution in [0.4, 0.5) is 0 Å². The summed E-state index contributed by atoms with van der Waals surface area (Å²) in [5, 5.41) is 3.47. The lowest BCUT2D eigenvalue weighted by Crippen LogP contribution is -2.52. The summed E-state index contributed by atoms with van der Waals surface area (Å²) in [6.07, 6.45) is 2.78. The van der Waals surface area contributed by atoms with Crippen molar-refractivity contribution in [2.75, 3.05) is 33.0 Å². The van der Waals surface area contributed by atoms with Crippen molar-refractivity contribution >= 4 is 0 Å². The lowest BCUT2D eigenvalue weighted by molar-refractivity contribution is 0.0632. The molecule has 1 saturated heterocycles. The maximum atomic E-state index is 5.58. The summed E-state index contributed by atoms with van der Waals surface area (Å²) in [5.41, 5.74) is 1.02. The zero-order valence-electron chi connectivity index (χ0n) is 8.62. The number of furan rings is 1. The predicted octanol–water partition coefficient (Wildman–Crippen LogP) is 0.667. The summed E-state index contributed by atoms with van der Waals surface area (Å²) < 4.78 is 16.7. The Labute approximate surface area is 88.5 Å². The molecular formula is C11H15NO3. The van der Waals surface area contributed by atoms with E-state index in [4.69, 9.17) is 13.9 Å². The van der Waals surface area contributed by atoms with Gasteiger partial charge in [-0.05, 0) is 18.1 Å². The van der Waals surface area contributed by atoms with Gasteiger partial charge in [-0.2, -0.15) is 0 Å². The van der Waals surface area contributed by atoms with Gasteiger partial charge in [-0.15, -0.1) is 0 Å². The minimum atomic E-state index is -0.256. The van der Waals surface area contributed by atoms with Crippen LogP contribution in [0.5, 0.6) is 0 Å². The second-order valence-electron chi connectivity index (χ2n) is 4.14. The maximum Gasteiger partial charge on any atom is 0.131 e. The van der Waals surface area contributed by atoms with Crippen molar-refractivity contribution in [1.29, 1.82) is 0 Å². The molecule has 15 heavy (non-hydrogen) atoms. The van der Waals surface area contributed by atoms with Crippen molar-refractivity contribution in [3.8, 4) is 0 Å². The standard InChI is InChI=1S/C11H15NO3/c1-3-12-11(7-13-5-6-14-8-11)10-9(1)2-4-15-10/h2,4,12H,1,3,5-8H2. The van der Waals surface area contributed by atoms with Crippen molar-refractivity contribution in [3.63, 3.8) is 0 Å². The third-order valence-corrected chi connectivity index (χ3v) is 3.11. The zero-order valence-corrected chi connectivity index (χ0v) is 8.62. The summed E-state index contributed by atoms with van der Waals surface area (Å²) in [6.45, 7) is 3.55. The van der Waals surface area contributed by atoms with Crippen LogP contribution in [-0.2, 0) is 21.4 Å². The van der Waals surface area contributed by atoms with E-state index in [-0.39, 0.29) is 5.54 Å². The number of nitrogens with one attached hydrogen (secondary N) is 1. The molecule has 0 atom stereocenters. The van der Waals surface area contributed by atoms with Gasteiger partial charge in [0.15, 0.2) is 0 Å². The van der Waals surface area contributed by atoms with Gasteiger partial charge in [0.05, 0.1) is 32.7 Å². The summed E-state index contributed by atoms with van der Waals surface area (Å²) >= 11 is 0. The lowest BCUT2D eigenvalue weighted by atomic mass is 9.90. The third-order valence-electron chi connectivity index (χ3n) is 3.11. The molecule has 0 radical (unpaired) electrons. The van der Waals surface area contributed by atoms with E-state index in [1.807, 2.05) is 6.07 Å². The van der Waals surface area contributed by atoms with Gasteiger partial charge < -0.3 is 19.2 Å². The molecule has 1 spiro atoms. The van der Waals surface area contributed by atoms with Crippen molar-refractivity contribution in [3.05, 3.63) is 23.7 Å². The fraction of sp³-hybridized carbons (Fsp3) is 0.636. The van der Waals surface area contributed by atoms with E-state index in [0.29, 0.717) is 26.4 Å².